The molecular weight excluding hydrogens is 196 g/mol. The second kappa shape index (κ2) is 3.27. The van der Waals surface area contributed by atoms with Crippen molar-refractivity contribution in [1.82, 2.24) is 9.97 Å². The average Bonchev–Trinajstić information content (AvgIpc) is 2.36. The number of fused-ring (bicyclic) bond motifs is 3. The van der Waals surface area contributed by atoms with E-state index in [0.29, 0.717) is 0 Å². The lowest BCUT2D eigenvalue weighted by Gasteiger charge is -2.09. The standard InChI is InChI=1S/C14H11N2/c1-9-10(2)12-6-4-8-16-14(12)13-11(9)5-3-7-15-13/h3-7H,1-2H3. The number of hydrogen-bond acceptors (Lipinski definition) is 2. The molecule has 3 rings (SSSR count). The lowest BCUT2D eigenvalue weighted by Crippen LogP contribution is -1.91. The minimum absolute atomic E-state index is 0.946. The van der Waals surface area contributed by atoms with Gasteiger partial charge in [0.05, 0.1) is 17.2 Å². The first-order valence-corrected chi connectivity index (χ1v) is 5.30. The van der Waals surface area contributed by atoms with Crippen LogP contribution >= 0.6 is 0 Å². The molecule has 0 aliphatic rings. The summed E-state index contributed by atoms with van der Waals surface area (Å²) in [7, 11) is 0. The monoisotopic (exact) mass is 207 g/mol. The average molecular weight is 207 g/mol. The number of pyridine rings is 2. The van der Waals surface area contributed by atoms with Gasteiger partial charge in [0.25, 0.3) is 0 Å². The Balaban J connectivity index is 2.69. The molecule has 2 heterocycles. The molecule has 0 bridgehead atoms. The van der Waals surface area contributed by atoms with Gasteiger partial charge in [0.15, 0.2) is 0 Å². The van der Waals surface area contributed by atoms with Crippen LogP contribution in [-0.2, 0) is 0 Å². The van der Waals surface area contributed by atoms with Gasteiger partial charge in [-0.25, -0.2) is 4.98 Å². The predicted molar refractivity (Wildman–Crippen MR) is 65.4 cm³/mol. The summed E-state index contributed by atoms with van der Waals surface area (Å²) in [6.45, 7) is 4.27. The third kappa shape index (κ3) is 1.13. The van der Waals surface area contributed by atoms with E-state index in [1.165, 1.54) is 21.9 Å². The van der Waals surface area contributed by atoms with E-state index < -0.39 is 0 Å². The largest absolute Gasteiger partial charge is 0.254 e. The van der Waals surface area contributed by atoms with Crippen molar-refractivity contribution in [2.24, 2.45) is 0 Å². The van der Waals surface area contributed by atoms with Crippen molar-refractivity contribution in [3.05, 3.63) is 47.8 Å². The molecule has 0 aliphatic carbocycles. The normalized spacial score (nSPS) is 11.1. The molecule has 0 atom stereocenters. The fourth-order valence-corrected chi connectivity index (χ4v) is 2.15. The van der Waals surface area contributed by atoms with Gasteiger partial charge in [0.2, 0.25) is 0 Å². The Morgan fingerprint density at radius 3 is 2.56 bits per heavy atom. The van der Waals surface area contributed by atoms with Gasteiger partial charge in [0.1, 0.15) is 0 Å². The minimum atomic E-state index is 0.946. The molecule has 0 aliphatic heterocycles. The summed E-state index contributed by atoms with van der Waals surface area (Å²) in [4.78, 5) is 8.75. The fraction of sp³-hybridized carbons (Fsp3) is 0.143. The van der Waals surface area contributed by atoms with Crippen LogP contribution in [-0.4, -0.2) is 9.97 Å². The number of aromatic nitrogens is 2. The molecule has 0 saturated heterocycles. The zero-order valence-corrected chi connectivity index (χ0v) is 9.28. The molecule has 0 unspecified atom stereocenters. The first-order valence-electron chi connectivity index (χ1n) is 5.30. The Kier molecular flexibility index (Phi) is 1.90. The highest BCUT2D eigenvalue weighted by Crippen LogP contribution is 2.28. The molecule has 16 heavy (non-hydrogen) atoms. The SMILES string of the molecule is Cc1c(C)c2cccnc2c2n[c]ccc12. The smallest absolute Gasteiger partial charge is 0.0975 e. The predicted octanol–water partition coefficient (Wildman–Crippen LogP) is 3.20. The summed E-state index contributed by atoms with van der Waals surface area (Å²) in [6, 6.07) is 7.97. The van der Waals surface area contributed by atoms with Gasteiger partial charge >= 0.3 is 0 Å². The molecule has 77 valence electrons. The van der Waals surface area contributed by atoms with E-state index in [1.54, 1.807) is 0 Å². The van der Waals surface area contributed by atoms with Crippen LogP contribution < -0.4 is 0 Å². The molecule has 1 radical (unpaired) electrons. The Labute approximate surface area is 94.0 Å². The summed E-state index contributed by atoms with van der Waals surface area (Å²) in [5.41, 5.74) is 4.47. The van der Waals surface area contributed by atoms with Gasteiger partial charge in [0, 0.05) is 17.0 Å². The van der Waals surface area contributed by atoms with Gasteiger partial charge < -0.3 is 0 Å². The Bertz CT molecular complexity index is 626. The van der Waals surface area contributed by atoms with E-state index in [1.807, 2.05) is 18.3 Å². The highest BCUT2D eigenvalue weighted by Gasteiger charge is 2.09. The van der Waals surface area contributed by atoms with Crippen LogP contribution in [0.2, 0.25) is 0 Å². The highest BCUT2D eigenvalue weighted by molar-refractivity contribution is 6.06. The van der Waals surface area contributed by atoms with E-state index in [0.717, 1.165) is 11.0 Å². The van der Waals surface area contributed by atoms with Gasteiger partial charge in [-0.2, -0.15) is 0 Å². The number of nitrogens with zero attached hydrogens (tertiary/aromatic N) is 2. The molecule has 2 nitrogen and oxygen atoms in total. The molecule has 3 aromatic rings. The first-order chi connectivity index (χ1) is 7.79. The van der Waals surface area contributed by atoms with Crippen LogP contribution in [0.4, 0.5) is 0 Å². The lowest BCUT2D eigenvalue weighted by molar-refractivity contribution is 1.32. The van der Waals surface area contributed by atoms with Crippen molar-refractivity contribution in [2.75, 3.05) is 0 Å². The number of benzene rings is 1. The zero-order chi connectivity index (χ0) is 11.1. The number of hydrogen-bond donors (Lipinski definition) is 0. The minimum Gasteiger partial charge on any atom is -0.254 e. The molecule has 0 fully saturated rings. The Hall–Kier alpha value is -1.96. The van der Waals surface area contributed by atoms with E-state index in [9.17, 15) is 0 Å². The molecule has 0 N–H and O–H groups in total. The molecule has 0 amide bonds. The maximum Gasteiger partial charge on any atom is 0.0975 e. The molecule has 1 aromatic carbocycles. The van der Waals surface area contributed by atoms with Crippen LogP contribution in [0.3, 0.4) is 0 Å². The van der Waals surface area contributed by atoms with Crippen molar-refractivity contribution >= 4 is 21.8 Å². The maximum absolute atomic E-state index is 4.43. The van der Waals surface area contributed by atoms with Crippen molar-refractivity contribution in [1.29, 1.82) is 0 Å². The Morgan fingerprint density at radius 2 is 1.75 bits per heavy atom. The van der Waals surface area contributed by atoms with Gasteiger partial charge in [-0.1, -0.05) is 12.1 Å². The number of rotatable bonds is 0. The van der Waals surface area contributed by atoms with Gasteiger partial charge in [-0.15, -0.1) is 0 Å². The second-order valence-corrected chi connectivity index (χ2v) is 3.99. The quantitative estimate of drug-likeness (QED) is 0.529. The third-order valence-corrected chi connectivity index (χ3v) is 3.16. The molecule has 2 aromatic heterocycles. The molecular formula is C14H11N2. The van der Waals surface area contributed by atoms with Crippen LogP contribution in [0.1, 0.15) is 11.1 Å². The topological polar surface area (TPSA) is 25.8 Å². The number of aryl methyl sites for hydroxylation is 2. The molecule has 0 spiro atoms. The zero-order valence-electron chi connectivity index (χ0n) is 9.28. The van der Waals surface area contributed by atoms with Crippen molar-refractivity contribution < 1.29 is 0 Å². The van der Waals surface area contributed by atoms with Crippen molar-refractivity contribution in [3.63, 3.8) is 0 Å². The Morgan fingerprint density at radius 1 is 1.00 bits per heavy atom. The summed E-state index contributed by atoms with van der Waals surface area (Å²) in [5.74, 6) is 0. The second-order valence-electron chi connectivity index (χ2n) is 3.99. The maximum atomic E-state index is 4.43. The lowest BCUT2D eigenvalue weighted by atomic mass is 9.99. The van der Waals surface area contributed by atoms with Gasteiger partial charge in [-0.3, -0.25) is 4.98 Å². The van der Waals surface area contributed by atoms with Crippen LogP contribution in [0.5, 0.6) is 0 Å². The van der Waals surface area contributed by atoms with Crippen molar-refractivity contribution in [3.8, 4) is 0 Å². The summed E-state index contributed by atoms with van der Waals surface area (Å²) in [5, 5.41) is 2.35. The van der Waals surface area contributed by atoms with E-state index in [2.05, 4.69) is 42.1 Å². The van der Waals surface area contributed by atoms with Crippen LogP contribution in [0.15, 0.2) is 30.5 Å². The summed E-state index contributed by atoms with van der Waals surface area (Å²) in [6.07, 6.45) is 4.69. The summed E-state index contributed by atoms with van der Waals surface area (Å²) < 4.78 is 0. The van der Waals surface area contributed by atoms with Crippen molar-refractivity contribution in [2.45, 2.75) is 13.8 Å². The summed E-state index contributed by atoms with van der Waals surface area (Å²) >= 11 is 0. The van der Waals surface area contributed by atoms with E-state index in [-0.39, 0.29) is 0 Å². The molecule has 0 saturated carbocycles. The van der Waals surface area contributed by atoms with Gasteiger partial charge in [-0.05, 0) is 37.1 Å². The van der Waals surface area contributed by atoms with Crippen LogP contribution in [0.25, 0.3) is 21.8 Å². The first kappa shape index (κ1) is 9.28. The highest BCUT2D eigenvalue weighted by atomic mass is 14.7. The van der Waals surface area contributed by atoms with E-state index in [4.69, 9.17) is 0 Å². The third-order valence-electron chi connectivity index (χ3n) is 3.16. The molecule has 2 heteroatoms. The van der Waals surface area contributed by atoms with E-state index >= 15 is 0 Å². The van der Waals surface area contributed by atoms with Crippen LogP contribution in [0, 0.1) is 20.0 Å². The fourth-order valence-electron chi connectivity index (χ4n) is 2.15.